The van der Waals surface area contributed by atoms with Gasteiger partial charge in [-0.2, -0.15) is 0 Å². The molecular formula is C19H18FNO2S. The van der Waals surface area contributed by atoms with Crippen molar-refractivity contribution in [1.82, 2.24) is 5.32 Å². The summed E-state index contributed by atoms with van der Waals surface area (Å²) in [4.78, 5) is 12.9. The second-order valence-corrected chi connectivity index (χ2v) is 6.71. The number of para-hydroxylation sites is 1. The van der Waals surface area contributed by atoms with Crippen LogP contribution in [0.1, 0.15) is 12.7 Å². The highest BCUT2D eigenvalue weighted by Crippen LogP contribution is 2.20. The molecule has 0 aliphatic carbocycles. The van der Waals surface area contributed by atoms with Gasteiger partial charge in [0.25, 0.3) is 0 Å². The second kappa shape index (κ2) is 7.53. The van der Waals surface area contributed by atoms with Gasteiger partial charge >= 0.3 is 0 Å². The Kier molecular flexibility index (Phi) is 5.20. The lowest BCUT2D eigenvalue weighted by atomic mass is 10.2. The summed E-state index contributed by atoms with van der Waals surface area (Å²) in [6.45, 7) is 1.95. The first-order valence-electron chi connectivity index (χ1n) is 7.75. The Hall–Kier alpha value is -2.27. The summed E-state index contributed by atoms with van der Waals surface area (Å²) in [6, 6.07) is 16.0. The Morgan fingerprint density at radius 1 is 1.21 bits per heavy atom. The van der Waals surface area contributed by atoms with Crippen LogP contribution >= 0.6 is 11.8 Å². The Balaban J connectivity index is 1.49. The van der Waals surface area contributed by atoms with Crippen LogP contribution in [0, 0.1) is 5.82 Å². The predicted octanol–water partition coefficient (Wildman–Crippen LogP) is 4.41. The summed E-state index contributed by atoms with van der Waals surface area (Å²) in [7, 11) is 0. The molecular weight excluding hydrogens is 325 g/mol. The summed E-state index contributed by atoms with van der Waals surface area (Å²) >= 11 is 1.39. The molecule has 1 N–H and O–H groups in total. The van der Waals surface area contributed by atoms with Gasteiger partial charge in [-0.15, -0.1) is 11.8 Å². The number of furan rings is 1. The van der Waals surface area contributed by atoms with Crippen molar-refractivity contribution >= 4 is 28.6 Å². The third-order valence-corrected chi connectivity index (χ3v) is 4.59. The van der Waals surface area contributed by atoms with Crippen LogP contribution < -0.4 is 5.32 Å². The number of thioether (sulfide) groups is 1. The van der Waals surface area contributed by atoms with Gasteiger partial charge in [-0.3, -0.25) is 4.79 Å². The molecule has 1 heterocycles. The van der Waals surface area contributed by atoms with E-state index in [4.69, 9.17) is 4.42 Å². The topological polar surface area (TPSA) is 42.2 Å². The van der Waals surface area contributed by atoms with E-state index < -0.39 is 0 Å². The molecule has 1 unspecified atom stereocenters. The van der Waals surface area contributed by atoms with Crippen molar-refractivity contribution in [3.63, 3.8) is 0 Å². The van der Waals surface area contributed by atoms with Gasteiger partial charge in [-0.1, -0.05) is 18.2 Å². The number of carbonyl (C=O) groups is 1. The molecule has 3 nitrogen and oxygen atoms in total. The summed E-state index contributed by atoms with van der Waals surface area (Å²) in [6.07, 6.45) is 0.641. The zero-order valence-corrected chi connectivity index (χ0v) is 14.1. The maximum Gasteiger partial charge on any atom is 0.230 e. The van der Waals surface area contributed by atoms with E-state index in [9.17, 15) is 9.18 Å². The average Bonchev–Trinajstić information content (AvgIpc) is 2.96. The minimum absolute atomic E-state index is 0.0214. The number of amides is 1. The number of hydrogen-bond acceptors (Lipinski definition) is 3. The molecule has 1 aromatic heterocycles. The van der Waals surface area contributed by atoms with Gasteiger partial charge in [0.2, 0.25) is 5.91 Å². The highest BCUT2D eigenvalue weighted by atomic mass is 32.2. The molecule has 0 aliphatic heterocycles. The van der Waals surface area contributed by atoms with E-state index in [1.54, 1.807) is 12.1 Å². The van der Waals surface area contributed by atoms with Crippen molar-refractivity contribution in [3.05, 3.63) is 66.2 Å². The third kappa shape index (κ3) is 4.38. The summed E-state index contributed by atoms with van der Waals surface area (Å²) < 4.78 is 18.6. The van der Waals surface area contributed by atoms with E-state index in [-0.39, 0.29) is 17.8 Å². The Labute approximate surface area is 144 Å². The molecule has 5 heteroatoms. The summed E-state index contributed by atoms with van der Waals surface area (Å²) in [5, 5.41) is 4.03. The normalized spacial score (nSPS) is 12.2. The lowest BCUT2D eigenvalue weighted by Crippen LogP contribution is -2.35. The number of benzene rings is 2. The molecule has 0 radical (unpaired) electrons. The molecule has 1 atom stereocenters. The summed E-state index contributed by atoms with van der Waals surface area (Å²) in [5.74, 6) is 0.835. The molecule has 2 aromatic carbocycles. The van der Waals surface area contributed by atoms with Gasteiger partial charge in [-0.05, 0) is 43.3 Å². The van der Waals surface area contributed by atoms with E-state index in [1.807, 2.05) is 37.3 Å². The monoisotopic (exact) mass is 343 g/mol. The van der Waals surface area contributed by atoms with Crippen molar-refractivity contribution in [3.8, 4) is 0 Å². The van der Waals surface area contributed by atoms with E-state index in [0.717, 1.165) is 21.6 Å². The van der Waals surface area contributed by atoms with Crippen LogP contribution in [0.4, 0.5) is 4.39 Å². The lowest BCUT2D eigenvalue weighted by molar-refractivity contribution is -0.119. The van der Waals surface area contributed by atoms with Gasteiger partial charge in [0.15, 0.2) is 0 Å². The van der Waals surface area contributed by atoms with Crippen molar-refractivity contribution in [1.29, 1.82) is 0 Å². The van der Waals surface area contributed by atoms with Gasteiger partial charge in [-0.25, -0.2) is 4.39 Å². The molecule has 1 amide bonds. The van der Waals surface area contributed by atoms with Crippen LogP contribution in [0.2, 0.25) is 0 Å². The molecule has 0 fully saturated rings. The fourth-order valence-electron chi connectivity index (χ4n) is 2.49. The number of rotatable bonds is 6. The van der Waals surface area contributed by atoms with Crippen molar-refractivity contribution in [2.24, 2.45) is 0 Å². The smallest absolute Gasteiger partial charge is 0.230 e. The zero-order chi connectivity index (χ0) is 16.9. The lowest BCUT2D eigenvalue weighted by Gasteiger charge is -2.12. The number of carbonyl (C=O) groups excluding carboxylic acids is 1. The Morgan fingerprint density at radius 2 is 1.96 bits per heavy atom. The Morgan fingerprint density at radius 3 is 2.71 bits per heavy atom. The molecule has 0 bridgehead atoms. The number of nitrogens with one attached hydrogen (secondary N) is 1. The minimum Gasteiger partial charge on any atom is -0.461 e. The zero-order valence-electron chi connectivity index (χ0n) is 13.3. The molecule has 3 aromatic rings. The van der Waals surface area contributed by atoms with Crippen molar-refractivity contribution in [2.45, 2.75) is 24.3 Å². The first-order valence-corrected chi connectivity index (χ1v) is 8.74. The molecule has 124 valence electrons. The van der Waals surface area contributed by atoms with E-state index in [2.05, 4.69) is 5.32 Å². The maximum atomic E-state index is 12.8. The quantitative estimate of drug-likeness (QED) is 0.674. The van der Waals surface area contributed by atoms with Crippen molar-refractivity contribution < 1.29 is 13.6 Å². The van der Waals surface area contributed by atoms with Crippen LogP contribution in [0.15, 0.2) is 63.9 Å². The first kappa shape index (κ1) is 16.6. The SMILES string of the molecule is CC(Cc1cc2ccccc2o1)NC(=O)CSc1ccc(F)cc1. The predicted molar refractivity (Wildman–Crippen MR) is 94.6 cm³/mol. The van der Waals surface area contributed by atoms with Gasteiger partial charge in [0.1, 0.15) is 17.2 Å². The molecule has 0 aliphatic rings. The first-order chi connectivity index (χ1) is 11.6. The number of halogens is 1. The van der Waals surface area contributed by atoms with Gasteiger partial charge in [0.05, 0.1) is 5.75 Å². The molecule has 0 saturated carbocycles. The fourth-order valence-corrected chi connectivity index (χ4v) is 3.20. The summed E-state index contributed by atoms with van der Waals surface area (Å²) in [5.41, 5.74) is 0.859. The molecule has 24 heavy (non-hydrogen) atoms. The minimum atomic E-state index is -0.275. The van der Waals surface area contributed by atoms with Crippen LogP contribution in [-0.4, -0.2) is 17.7 Å². The largest absolute Gasteiger partial charge is 0.461 e. The molecule has 3 rings (SSSR count). The van der Waals surface area contributed by atoms with Crippen LogP contribution in [0.25, 0.3) is 11.0 Å². The number of hydrogen-bond donors (Lipinski definition) is 1. The van der Waals surface area contributed by atoms with Crippen LogP contribution in [0.3, 0.4) is 0 Å². The second-order valence-electron chi connectivity index (χ2n) is 5.67. The highest BCUT2D eigenvalue weighted by molar-refractivity contribution is 8.00. The van der Waals surface area contributed by atoms with Gasteiger partial charge in [0, 0.05) is 22.7 Å². The van der Waals surface area contributed by atoms with E-state index in [0.29, 0.717) is 12.2 Å². The third-order valence-electron chi connectivity index (χ3n) is 3.57. The Bertz CT molecular complexity index is 796. The van der Waals surface area contributed by atoms with Crippen LogP contribution in [-0.2, 0) is 11.2 Å². The highest BCUT2D eigenvalue weighted by Gasteiger charge is 2.11. The van der Waals surface area contributed by atoms with E-state index in [1.165, 1.54) is 23.9 Å². The maximum absolute atomic E-state index is 12.8. The molecule has 0 saturated heterocycles. The number of fused-ring (bicyclic) bond motifs is 1. The molecule has 0 spiro atoms. The van der Waals surface area contributed by atoms with Crippen LogP contribution in [0.5, 0.6) is 0 Å². The standard InChI is InChI=1S/C19H18FNO2S/c1-13(10-16-11-14-4-2-3-5-18(14)23-16)21-19(22)12-24-17-8-6-15(20)7-9-17/h2-9,11,13H,10,12H2,1H3,(H,21,22). The van der Waals surface area contributed by atoms with Gasteiger partial charge < -0.3 is 9.73 Å². The van der Waals surface area contributed by atoms with E-state index >= 15 is 0 Å². The van der Waals surface area contributed by atoms with Crippen molar-refractivity contribution in [2.75, 3.05) is 5.75 Å². The average molecular weight is 343 g/mol. The fraction of sp³-hybridized carbons (Fsp3) is 0.211.